The van der Waals surface area contributed by atoms with E-state index in [2.05, 4.69) is 20.1 Å². The number of imidazole rings is 1. The average Bonchev–Trinajstić information content (AvgIpc) is 3.24. The van der Waals surface area contributed by atoms with Gasteiger partial charge in [0, 0.05) is 13.3 Å². The van der Waals surface area contributed by atoms with E-state index < -0.39 is 17.0 Å². The molecule has 6 rings (SSSR count). The van der Waals surface area contributed by atoms with E-state index in [1.165, 1.54) is 17.0 Å². The molecule has 0 amide bonds. The molecule has 0 unspecified atom stereocenters. The fourth-order valence-electron chi connectivity index (χ4n) is 4.02. The summed E-state index contributed by atoms with van der Waals surface area (Å²) in [7, 11) is 1.60. The van der Waals surface area contributed by atoms with Crippen molar-refractivity contribution in [2.45, 2.75) is 25.0 Å². The number of hydrogen-bond donors (Lipinski definition) is 0. The van der Waals surface area contributed by atoms with Gasteiger partial charge in [0.15, 0.2) is 0 Å². The van der Waals surface area contributed by atoms with Crippen molar-refractivity contribution in [3.05, 3.63) is 76.7 Å². The van der Waals surface area contributed by atoms with Gasteiger partial charge in [0.05, 0.1) is 17.8 Å². The lowest BCUT2D eigenvalue weighted by Gasteiger charge is -2.13. The molecule has 1 aliphatic rings. The molecule has 5 aromatic rings. The summed E-state index contributed by atoms with van der Waals surface area (Å²) in [5, 5.41) is 4.04. The van der Waals surface area contributed by atoms with E-state index in [-0.39, 0.29) is 29.1 Å². The van der Waals surface area contributed by atoms with Crippen molar-refractivity contribution in [1.29, 1.82) is 0 Å². The van der Waals surface area contributed by atoms with Crippen LogP contribution in [0.5, 0.6) is 0 Å². The zero-order valence-electron chi connectivity index (χ0n) is 17.0. The molecule has 0 N–H and O–H groups in total. The lowest BCUT2D eigenvalue weighted by atomic mass is 10.2. The predicted molar refractivity (Wildman–Crippen MR) is 111 cm³/mol. The number of para-hydroxylation sites is 1. The molecule has 9 nitrogen and oxygen atoms in total. The van der Waals surface area contributed by atoms with Gasteiger partial charge in [-0.05, 0) is 37.1 Å². The molecule has 0 radical (unpaired) electrons. The molecular weight excluding hydrogens is 415 g/mol. The number of rotatable bonds is 5. The summed E-state index contributed by atoms with van der Waals surface area (Å²) in [5.74, 6) is 0.0326. The Bertz CT molecular complexity index is 1530. The maximum atomic E-state index is 14.9. The first-order chi connectivity index (χ1) is 15.6. The quantitative estimate of drug-likeness (QED) is 0.421. The Balaban J connectivity index is 1.60. The third-order valence-electron chi connectivity index (χ3n) is 5.88. The maximum absolute atomic E-state index is 14.9. The van der Waals surface area contributed by atoms with E-state index in [0.717, 1.165) is 12.8 Å². The Kier molecular flexibility index (Phi) is 3.99. The van der Waals surface area contributed by atoms with Crippen LogP contribution in [0, 0.1) is 5.82 Å². The molecular formula is C22H17FN6O3. The molecule has 0 aliphatic heterocycles. The number of nitrogens with zero attached hydrogens (tertiary/aromatic N) is 6. The molecule has 0 bridgehead atoms. The van der Waals surface area contributed by atoms with Gasteiger partial charge in [-0.2, -0.15) is 4.98 Å². The van der Waals surface area contributed by atoms with Crippen molar-refractivity contribution in [2.75, 3.05) is 7.11 Å². The SMILES string of the molecule is COC1(c2nc(-c3ncn4c3c(=O)n(Cc3ccccn3)c3c(F)cccc34)no2)CC1. The highest BCUT2D eigenvalue weighted by Gasteiger charge is 2.50. The minimum absolute atomic E-state index is 0.0997. The fourth-order valence-corrected chi connectivity index (χ4v) is 4.02. The molecule has 0 atom stereocenters. The van der Waals surface area contributed by atoms with Gasteiger partial charge in [0.25, 0.3) is 11.4 Å². The van der Waals surface area contributed by atoms with E-state index in [1.807, 2.05) is 6.07 Å². The fraction of sp³-hybridized carbons (Fsp3) is 0.227. The maximum Gasteiger partial charge on any atom is 0.278 e. The first kappa shape index (κ1) is 18.8. The van der Waals surface area contributed by atoms with Gasteiger partial charge in [0.1, 0.15) is 34.5 Å². The highest BCUT2D eigenvalue weighted by atomic mass is 19.1. The molecule has 4 aromatic heterocycles. The molecule has 1 aliphatic carbocycles. The van der Waals surface area contributed by atoms with Crippen molar-refractivity contribution in [3.63, 3.8) is 0 Å². The number of halogens is 1. The van der Waals surface area contributed by atoms with Gasteiger partial charge in [0.2, 0.25) is 5.82 Å². The van der Waals surface area contributed by atoms with Crippen LogP contribution in [0.3, 0.4) is 0 Å². The Morgan fingerprint density at radius 2 is 2.03 bits per heavy atom. The number of benzene rings is 1. The second-order valence-electron chi connectivity index (χ2n) is 7.75. The zero-order valence-corrected chi connectivity index (χ0v) is 17.0. The van der Waals surface area contributed by atoms with Crippen molar-refractivity contribution in [1.82, 2.24) is 29.1 Å². The zero-order chi connectivity index (χ0) is 21.9. The minimum atomic E-state index is -0.560. The van der Waals surface area contributed by atoms with Crippen LogP contribution in [-0.2, 0) is 16.9 Å². The molecule has 0 saturated heterocycles. The number of ether oxygens (including phenoxy) is 1. The van der Waals surface area contributed by atoms with Crippen molar-refractivity contribution >= 4 is 16.6 Å². The van der Waals surface area contributed by atoms with Gasteiger partial charge >= 0.3 is 0 Å². The van der Waals surface area contributed by atoms with Crippen molar-refractivity contribution < 1.29 is 13.7 Å². The monoisotopic (exact) mass is 432 g/mol. The molecule has 10 heteroatoms. The van der Waals surface area contributed by atoms with Gasteiger partial charge in [-0.15, -0.1) is 0 Å². The van der Waals surface area contributed by atoms with Crippen LogP contribution < -0.4 is 5.56 Å². The highest BCUT2D eigenvalue weighted by molar-refractivity contribution is 5.84. The number of fused-ring (bicyclic) bond motifs is 3. The Labute approximate surface area is 180 Å². The average molecular weight is 432 g/mol. The summed E-state index contributed by atoms with van der Waals surface area (Å²) in [6, 6.07) is 10.0. The van der Waals surface area contributed by atoms with Gasteiger partial charge in [-0.3, -0.25) is 18.7 Å². The smallest absolute Gasteiger partial charge is 0.278 e. The Morgan fingerprint density at radius 3 is 2.78 bits per heavy atom. The Morgan fingerprint density at radius 1 is 1.16 bits per heavy atom. The number of hydrogen-bond acceptors (Lipinski definition) is 7. The molecule has 0 spiro atoms. The summed E-state index contributed by atoms with van der Waals surface area (Å²) >= 11 is 0. The predicted octanol–water partition coefficient (Wildman–Crippen LogP) is 2.92. The van der Waals surface area contributed by atoms with E-state index in [1.54, 1.807) is 42.0 Å². The van der Waals surface area contributed by atoms with Gasteiger partial charge in [-0.1, -0.05) is 17.3 Å². The van der Waals surface area contributed by atoms with Crippen molar-refractivity contribution in [2.24, 2.45) is 0 Å². The normalized spacial score (nSPS) is 14.9. The minimum Gasteiger partial charge on any atom is -0.368 e. The lowest BCUT2D eigenvalue weighted by molar-refractivity contribution is 0.0492. The molecule has 4 heterocycles. The summed E-state index contributed by atoms with van der Waals surface area (Å²) < 4.78 is 28.7. The van der Waals surface area contributed by atoms with Crippen LogP contribution in [-0.4, -0.2) is 36.2 Å². The number of aromatic nitrogens is 6. The number of methoxy groups -OCH3 is 1. The van der Waals surface area contributed by atoms with Crippen molar-refractivity contribution in [3.8, 4) is 11.5 Å². The Hall–Kier alpha value is -3.92. The van der Waals surface area contributed by atoms with Crippen LogP contribution in [0.4, 0.5) is 4.39 Å². The molecule has 160 valence electrons. The van der Waals surface area contributed by atoms with Crippen LogP contribution >= 0.6 is 0 Å². The summed E-state index contributed by atoms with van der Waals surface area (Å²) in [5.41, 5.74) is 0.794. The van der Waals surface area contributed by atoms with E-state index in [0.29, 0.717) is 17.1 Å². The standard InChI is InChI=1S/C22H17FN6O3/c1-31-22(8-9-22)21-26-19(27-32-21)16-18-20(30)28(11-13-5-2-3-10-24-13)17-14(23)6-4-7-15(17)29(18)12-25-16/h2-7,10,12H,8-9,11H2,1H3. The second-order valence-corrected chi connectivity index (χ2v) is 7.75. The van der Waals surface area contributed by atoms with Gasteiger partial charge < -0.3 is 9.26 Å². The summed E-state index contributed by atoms with van der Waals surface area (Å²) in [4.78, 5) is 26.7. The first-order valence-electron chi connectivity index (χ1n) is 10.1. The molecule has 1 aromatic carbocycles. The topological polar surface area (TPSA) is 100 Å². The van der Waals surface area contributed by atoms with Gasteiger partial charge in [-0.25, -0.2) is 9.37 Å². The summed E-state index contributed by atoms with van der Waals surface area (Å²) in [6.45, 7) is 0.0997. The molecule has 1 saturated carbocycles. The van der Waals surface area contributed by atoms with Crippen LogP contribution in [0.25, 0.3) is 28.1 Å². The summed E-state index contributed by atoms with van der Waals surface area (Å²) in [6.07, 6.45) is 4.68. The molecule has 32 heavy (non-hydrogen) atoms. The third-order valence-corrected chi connectivity index (χ3v) is 5.88. The van der Waals surface area contributed by atoms with E-state index in [9.17, 15) is 9.18 Å². The second kappa shape index (κ2) is 6.79. The lowest BCUT2D eigenvalue weighted by Crippen LogP contribution is -2.24. The van der Waals surface area contributed by atoms with Crippen LogP contribution in [0.2, 0.25) is 0 Å². The first-order valence-corrected chi connectivity index (χ1v) is 10.1. The third kappa shape index (κ3) is 2.69. The number of pyridine rings is 1. The van der Waals surface area contributed by atoms with Crippen LogP contribution in [0.15, 0.2) is 58.2 Å². The van der Waals surface area contributed by atoms with E-state index in [4.69, 9.17) is 9.26 Å². The van der Waals surface area contributed by atoms with E-state index >= 15 is 0 Å². The largest absolute Gasteiger partial charge is 0.368 e. The highest BCUT2D eigenvalue weighted by Crippen LogP contribution is 2.48. The molecule has 1 fully saturated rings. The van der Waals surface area contributed by atoms with Crippen LogP contribution in [0.1, 0.15) is 24.4 Å².